The van der Waals surface area contributed by atoms with Gasteiger partial charge in [0.05, 0.1) is 22.8 Å². The number of para-hydroxylation sites is 1. The Bertz CT molecular complexity index is 1090. The number of alkyl halides is 3. The van der Waals surface area contributed by atoms with Gasteiger partial charge in [-0.1, -0.05) is 12.1 Å². The van der Waals surface area contributed by atoms with E-state index in [1.807, 2.05) is 13.0 Å². The topological polar surface area (TPSA) is 88.9 Å². The van der Waals surface area contributed by atoms with Crippen molar-refractivity contribution in [1.82, 2.24) is 19.9 Å². The molecule has 2 heterocycles. The van der Waals surface area contributed by atoms with Crippen molar-refractivity contribution >= 4 is 22.6 Å². The zero-order valence-electron chi connectivity index (χ0n) is 16.2. The average molecular weight is 419 g/mol. The molecule has 1 aromatic carbocycles. The van der Waals surface area contributed by atoms with Crippen LogP contribution in [0.5, 0.6) is 0 Å². The van der Waals surface area contributed by atoms with Crippen LogP contribution in [0.1, 0.15) is 17.5 Å². The molecule has 2 aromatic heterocycles. The number of hydrogen-bond donors (Lipinski definition) is 2. The fraction of sp³-hybridized carbons (Fsp3) is 0.300. The zero-order chi connectivity index (χ0) is 21.7. The predicted octanol–water partition coefficient (Wildman–Crippen LogP) is 2.74. The Balaban J connectivity index is 1.45. The molecule has 158 valence electrons. The third-order valence-corrected chi connectivity index (χ3v) is 4.48. The fourth-order valence-electron chi connectivity index (χ4n) is 2.87. The lowest BCUT2D eigenvalue weighted by Crippen LogP contribution is -2.31. The number of anilines is 1. The SMILES string of the molecule is Cc1cccc2c(=O)n(CCC(=O)NCCNc3ccc(C(F)(F)F)cn3)cnc12. The van der Waals surface area contributed by atoms with E-state index in [0.717, 1.165) is 17.8 Å². The number of fused-ring (bicyclic) bond motifs is 1. The number of amides is 1. The minimum atomic E-state index is -4.43. The molecule has 10 heteroatoms. The summed E-state index contributed by atoms with van der Waals surface area (Å²) in [5.74, 6) is 0.0229. The number of carbonyl (C=O) groups is 1. The lowest BCUT2D eigenvalue weighted by molar-refractivity contribution is -0.137. The summed E-state index contributed by atoms with van der Waals surface area (Å²) < 4.78 is 38.9. The molecule has 0 unspecified atom stereocenters. The van der Waals surface area contributed by atoms with E-state index in [1.54, 1.807) is 12.1 Å². The second-order valence-electron chi connectivity index (χ2n) is 6.67. The molecule has 3 rings (SSSR count). The number of pyridine rings is 1. The molecular formula is C20H20F3N5O2. The van der Waals surface area contributed by atoms with Crippen LogP contribution in [0.15, 0.2) is 47.7 Å². The number of benzene rings is 1. The van der Waals surface area contributed by atoms with Crippen LogP contribution in [-0.4, -0.2) is 33.5 Å². The van der Waals surface area contributed by atoms with Crippen molar-refractivity contribution in [2.24, 2.45) is 0 Å². The number of aromatic nitrogens is 3. The van der Waals surface area contributed by atoms with E-state index in [9.17, 15) is 22.8 Å². The number of halogens is 3. The number of rotatable bonds is 7. The maximum absolute atomic E-state index is 12.5. The number of aryl methyl sites for hydroxylation is 2. The van der Waals surface area contributed by atoms with Crippen molar-refractivity contribution in [3.05, 3.63) is 64.3 Å². The second-order valence-corrected chi connectivity index (χ2v) is 6.67. The molecule has 0 aliphatic heterocycles. The third-order valence-electron chi connectivity index (χ3n) is 4.48. The van der Waals surface area contributed by atoms with Gasteiger partial charge in [-0.05, 0) is 30.7 Å². The van der Waals surface area contributed by atoms with Gasteiger partial charge in [0.2, 0.25) is 5.91 Å². The number of carbonyl (C=O) groups excluding carboxylic acids is 1. The van der Waals surface area contributed by atoms with Crippen molar-refractivity contribution in [2.45, 2.75) is 26.1 Å². The fourth-order valence-corrected chi connectivity index (χ4v) is 2.87. The monoisotopic (exact) mass is 419 g/mol. The van der Waals surface area contributed by atoms with Gasteiger partial charge in [-0.15, -0.1) is 0 Å². The van der Waals surface area contributed by atoms with Crippen LogP contribution in [0.2, 0.25) is 0 Å². The van der Waals surface area contributed by atoms with Gasteiger partial charge < -0.3 is 10.6 Å². The highest BCUT2D eigenvalue weighted by atomic mass is 19.4. The maximum Gasteiger partial charge on any atom is 0.417 e. The van der Waals surface area contributed by atoms with Gasteiger partial charge in [-0.2, -0.15) is 13.2 Å². The Morgan fingerprint density at radius 2 is 1.93 bits per heavy atom. The summed E-state index contributed by atoms with van der Waals surface area (Å²) in [5.41, 5.74) is 0.525. The molecule has 0 atom stereocenters. The van der Waals surface area contributed by atoms with Gasteiger partial charge in [0.1, 0.15) is 5.82 Å². The van der Waals surface area contributed by atoms with E-state index in [-0.39, 0.29) is 36.8 Å². The molecule has 7 nitrogen and oxygen atoms in total. The lowest BCUT2D eigenvalue weighted by atomic mass is 10.1. The van der Waals surface area contributed by atoms with Gasteiger partial charge in [-0.3, -0.25) is 14.2 Å². The molecule has 0 saturated heterocycles. The summed E-state index contributed by atoms with van der Waals surface area (Å²) in [6.45, 7) is 2.61. The minimum absolute atomic E-state index is 0.0947. The Morgan fingerprint density at radius 3 is 2.63 bits per heavy atom. The van der Waals surface area contributed by atoms with E-state index in [1.165, 1.54) is 17.0 Å². The molecule has 0 bridgehead atoms. The number of nitrogens with zero attached hydrogens (tertiary/aromatic N) is 3. The van der Waals surface area contributed by atoms with Gasteiger partial charge >= 0.3 is 6.18 Å². The molecule has 2 N–H and O–H groups in total. The van der Waals surface area contributed by atoms with Crippen molar-refractivity contribution < 1.29 is 18.0 Å². The van der Waals surface area contributed by atoms with Gasteiger partial charge in [0.15, 0.2) is 0 Å². The van der Waals surface area contributed by atoms with E-state index in [0.29, 0.717) is 17.4 Å². The van der Waals surface area contributed by atoms with Crippen molar-refractivity contribution in [2.75, 3.05) is 18.4 Å². The quantitative estimate of drug-likeness (QED) is 0.575. The van der Waals surface area contributed by atoms with E-state index in [2.05, 4.69) is 20.6 Å². The molecule has 0 radical (unpaired) electrons. The average Bonchev–Trinajstić information content (AvgIpc) is 2.71. The first-order chi connectivity index (χ1) is 14.3. The molecule has 30 heavy (non-hydrogen) atoms. The molecule has 3 aromatic rings. The summed E-state index contributed by atoms with van der Waals surface area (Å²) in [5, 5.41) is 6.01. The van der Waals surface area contributed by atoms with E-state index in [4.69, 9.17) is 0 Å². The Kier molecular flexibility index (Phi) is 6.34. The molecule has 1 amide bonds. The zero-order valence-corrected chi connectivity index (χ0v) is 16.2. The summed E-state index contributed by atoms with van der Waals surface area (Å²) in [4.78, 5) is 32.5. The van der Waals surface area contributed by atoms with Crippen molar-refractivity contribution in [3.8, 4) is 0 Å². The molecule has 0 aliphatic carbocycles. The smallest absolute Gasteiger partial charge is 0.368 e. The first-order valence-corrected chi connectivity index (χ1v) is 9.24. The third kappa shape index (κ3) is 5.13. The highest BCUT2D eigenvalue weighted by Gasteiger charge is 2.30. The summed E-state index contributed by atoms with van der Waals surface area (Å²) in [6, 6.07) is 7.53. The van der Waals surface area contributed by atoms with Crippen molar-refractivity contribution in [3.63, 3.8) is 0 Å². The number of nitrogens with one attached hydrogen (secondary N) is 2. The van der Waals surface area contributed by atoms with Crippen LogP contribution in [0, 0.1) is 6.92 Å². The van der Waals surface area contributed by atoms with Gasteiger partial charge in [0, 0.05) is 32.3 Å². The molecule has 0 fully saturated rings. The second kappa shape index (κ2) is 8.93. The van der Waals surface area contributed by atoms with Crippen LogP contribution in [0.25, 0.3) is 10.9 Å². The van der Waals surface area contributed by atoms with Crippen LogP contribution in [0.4, 0.5) is 19.0 Å². The Morgan fingerprint density at radius 1 is 1.13 bits per heavy atom. The van der Waals surface area contributed by atoms with E-state index >= 15 is 0 Å². The summed E-state index contributed by atoms with van der Waals surface area (Å²) in [6.07, 6.45) is -2.15. The van der Waals surface area contributed by atoms with E-state index < -0.39 is 11.7 Å². The van der Waals surface area contributed by atoms with Crippen molar-refractivity contribution in [1.29, 1.82) is 0 Å². The molecule has 0 saturated carbocycles. The Hall–Kier alpha value is -3.43. The Labute approximate surface area is 170 Å². The standard InChI is InChI=1S/C20H20F3N5O2/c1-13-3-2-4-15-18(13)27-12-28(19(15)30)10-7-17(29)25-9-8-24-16-6-5-14(11-26-16)20(21,22)23/h2-6,11-12H,7-10H2,1H3,(H,24,26)(H,25,29). The first-order valence-electron chi connectivity index (χ1n) is 9.24. The van der Waals surface area contributed by atoms with Crippen LogP contribution >= 0.6 is 0 Å². The van der Waals surface area contributed by atoms with Gasteiger partial charge in [0.25, 0.3) is 5.56 Å². The highest BCUT2D eigenvalue weighted by Crippen LogP contribution is 2.28. The lowest BCUT2D eigenvalue weighted by Gasteiger charge is -2.10. The van der Waals surface area contributed by atoms with Crippen LogP contribution in [0.3, 0.4) is 0 Å². The highest BCUT2D eigenvalue weighted by molar-refractivity contribution is 5.80. The van der Waals surface area contributed by atoms with Crippen LogP contribution < -0.4 is 16.2 Å². The molecule has 0 aliphatic rings. The maximum atomic E-state index is 12.5. The van der Waals surface area contributed by atoms with Gasteiger partial charge in [-0.25, -0.2) is 9.97 Å². The molecule has 0 spiro atoms. The predicted molar refractivity (Wildman–Crippen MR) is 106 cm³/mol. The summed E-state index contributed by atoms with van der Waals surface area (Å²) in [7, 11) is 0. The first kappa shape index (κ1) is 21.3. The molecular weight excluding hydrogens is 399 g/mol. The summed E-state index contributed by atoms with van der Waals surface area (Å²) >= 11 is 0. The minimum Gasteiger partial charge on any atom is -0.368 e. The largest absolute Gasteiger partial charge is 0.417 e. The normalized spacial score (nSPS) is 11.5. The number of hydrogen-bond acceptors (Lipinski definition) is 5. The van der Waals surface area contributed by atoms with Crippen LogP contribution in [-0.2, 0) is 17.5 Å².